The number of hydrogen-bond donors (Lipinski definition) is 6. The minimum Gasteiger partial charge on any atom is -0.370 e. The van der Waals surface area contributed by atoms with Crippen molar-refractivity contribution >= 4 is 33.7 Å². The molecule has 2 rings (SSSR count). The van der Waals surface area contributed by atoms with Crippen molar-refractivity contribution in [3.8, 4) is 11.1 Å². The number of benzene rings is 2. The Labute approximate surface area is 144 Å². The van der Waals surface area contributed by atoms with Crippen LogP contribution in [-0.2, 0) is 10.4 Å². The van der Waals surface area contributed by atoms with Gasteiger partial charge in [0.1, 0.15) is 0 Å². The minimum absolute atomic E-state index is 0.0411. The molecule has 25 heavy (non-hydrogen) atoms. The van der Waals surface area contributed by atoms with Crippen LogP contribution in [0, 0.1) is 0 Å². The van der Waals surface area contributed by atoms with E-state index < -0.39 is 10.4 Å². The fraction of sp³-hybridized carbons (Fsp3) is 0. The highest BCUT2D eigenvalue weighted by Gasteiger charge is 1.99. The minimum atomic E-state index is -4.67. The SMILES string of the molecule is NC(N)=Nc1ccc(-c2ccc(N=C(N)N)cc2)cc1.O=S(=O)(O)O. The normalized spacial score (nSPS) is 10.2. The molecule has 10 N–H and O–H groups in total. The Morgan fingerprint density at radius 2 is 0.920 bits per heavy atom. The highest BCUT2D eigenvalue weighted by atomic mass is 32.3. The Morgan fingerprint density at radius 3 is 1.12 bits per heavy atom. The third-order valence-corrected chi connectivity index (χ3v) is 2.58. The number of aliphatic imine (C=N–C) groups is 2. The summed E-state index contributed by atoms with van der Waals surface area (Å²) in [5, 5.41) is 0. The van der Waals surface area contributed by atoms with Gasteiger partial charge in [0.2, 0.25) is 0 Å². The second kappa shape index (κ2) is 8.63. The first kappa shape index (κ1) is 19.9. The van der Waals surface area contributed by atoms with E-state index in [1.807, 2.05) is 48.5 Å². The molecule has 0 heterocycles. The molecule has 10 nitrogen and oxygen atoms in total. The lowest BCUT2D eigenvalue weighted by molar-refractivity contribution is 0.381. The number of rotatable bonds is 3. The number of nitrogens with zero attached hydrogens (tertiary/aromatic N) is 2. The van der Waals surface area contributed by atoms with Gasteiger partial charge in [0, 0.05) is 0 Å². The maximum absolute atomic E-state index is 8.74. The zero-order valence-corrected chi connectivity index (χ0v) is 13.8. The average Bonchev–Trinajstić information content (AvgIpc) is 2.46. The third-order valence-electron chi connectivity index (χ3n) is 2.58. The van der Waals surface area contributed by atoms with Crippen molar-refractivity contribution in [1.82, 2.24) is 0 Å². The van der Waals surface area contributed by atoms with E-state index in [0.29, 0.717) is 11.4 Å². The average molecular weight is 366 g/mol. The van der Waals surface area contributed by atoms with E-state index >= 15 is 0 Å². The third kappa shape index (κ3) is 8.90. The predicted molar refractivity (Wildman–Crippen MR) is 97.0 cm³/mol. The first-order valence-electron chi connectivity index (χ1n) is 6.64. The first-order chi connectivity index (χ1) is 11.5. The zero-order chi connectivity index (χ0) is 19.0. The van der Waals surface area contributed by atoms with Crippen LogP contribution in [-0.4, -0.2) is 29.4 Å². The zero-order valence-electron chi connectivity index (χ0n) is 12.9. The van der Waals surface area contributed by atoms with E-state index in [4.69, 9.17) is 40.5 Å². The summed E-state index contributed by atoms with van der Waals surface area (Å²) in [6, 6.07) is 15.2. The summed E-state index contributed by atoms with van der Waals surface area (Å²) in [5.41, 5.74) is 24.8. The topological polar surface area (TPSA) is 203 Å². The van der Waals surface area contributed by atoms with E-state index in [0.717, 1.165) is 11.1 Å². The molecule has 2 aromatic rings. The molecule has 0 atom stereocenters. The van der Waals surface area contributed by atoms with Gasteiger partial charge in [0.25, 0.3) is 0 Å². The fourth-order valence-electron chi connectivity index (χ4n) is 1.75. The highest BCUT2D eigenvalue weighted by molar-refractivity contribution is 7.79. The van der Waals surface area contributed by atoms with Gasteiger partial charge in [-0.2, -0.15) is 8.42 Å². The summed E-state index contributed by atoms with van der Waals surface area (Å²) in [6.07, 6.45) is 0. The molecule has 0 unspecified atom stereocenters. The van der Waals surface area contributed by atoms with Crippen molar-refractivity contribution in [3.63, 3.8) is 0 Å². The fourth-order valence-corrected chi connectivity index (χ4v) is 1.75. The summed E-state index contributed by atoms with van der Waals surface area (Å²) < 4.78 is 31.6. The highest BCUT2D eigenvalue weighted by Crippen LogP contribution is 2.24. The van der Waals surface area contributed by atoms with Gasteiger partial charge < -0.3 is 22.9 Å². The van der Waals surface area contributed by atoms with Gasteiger partial charge >= 0.3 is 10.4 Å². The Morgan fingerprint density at radius 1 is 0.680 bits per heavy atom. The van der Waals surface area contributed by atoms with Gasteiger partial charge in [-0.15, -0.1) is 0 Å². The van der Waals surface area contributed by atoms with Crippen LogP contribution in [0.25, 0.3) is 11.1 Å². The van der Waals surface area contributed by atoms with E-state index in [2.05, 4.69) is 9.98 Å². The van der Waals surface area contributed by atoms with Crippen LogP contribution in [0.3, 0.4) is 0 Å². The van der Waals surface area contributed by atoms with Crippen molar-refractivity contribution in [2.75, 3.05) is 0 Å². The monoisotopic (exact) mass is 366 g/mol. The van der Waals surface area contributed by atoms with Gasteiger partial charge in [-0.25, -0.2) is 9.98 Å². The van der Waals surface area contributed by atoms with E-state index in [-0.39, 0.29) is 11.9 Å². The molecule has 0 aliphatic carbocycles. The van der Waals surface area contributed by atoms with Crippen LogP contribution in [0.2, 0.25) is 0 Å². The molecular weight excluding hydrogens is 348 g/mol. The van der Waals surface area contributed by atoms with Gasteiger partial charge in [0.15, 0.2) is 11.9 Å². The van der Waals surface area contributed by atoms with Gasteiger partial charge in [0.05, 0.1) is 11.4 Å². The number of guanidine groups is 2. The molecule has 0 bridgehead atoms. The Bertz CT molecular complexity index is 786. The van der Waals surface area contributed by atoms with E-state index in [9.17, 15) is 0 Å². The van der Waals surface area contributed by atoms with Crippen molar-refractivity contribution < 1.29 is 17.5 Å². The van der Waals surface area contributed by atoms with Gasteiger partial charge in [-0.3, -0.25) is 9.11 Å². The molecule has 0 aliphatic heterocycles. The summed E-state index contributed by atoms with van der Waals surface area (Å²) in [4.78, 5) is 7.94. The summed E-state index contributed by atoms with van der Waals surface area (Å²) >= 11 is 0. The van der Waals surface area contributed by atoms with Crippen LogP contribution in [0.1, 0.15) is 0 Å². The van der Waals surface area contributed by atoms with Gasteiger partial charge in [-0.1, -0.05) is 24.3 Å². The van der Waals surface area contributed by atoms with Crippen molar-refractivity contribution in [1.29, 1.82) is 0 Å². The van der Waals surface area contributed by atoms with Crippen molar-refractivity contribution in [2.45, 2.75) is 0 Å². The predicted octanol–water partition coefficient (Wildman–Crippen LogP) is 0.511. The van der Waals surface area contributed by atoms with E-state index in [1.165, 1.54) is 0 Å². The molecule has 0 radical (unpaired) electrons. The second-order valence-electron chi connectivity index (χ2n) is 4.61. The molecular formula is C14H18N6O4S. The largest absolute Gasteiger partial charge is 0.394 e. The van der Waals surface area contributed by atoms with Crippen LogP contribution in [0.5, 0.6) is 0 Å². The van der Waals surface area contributed by atoms with Crippen molar-refractivity contribution in [3.05, 3.63) is 48.5 Å². The lowest BCUT2D eigenvalue weighted by Crippen LogP contribution is -2.21. The van der Waals surface area contributed by atoms with Crippen LogP contribution in [0.4, 0.5) is 11.4 Å². The Hall–Kier alpha value is -3.15. The molecule has 0 aliphatic rings. The molecule has 0 saturated carbocycles. The molecule has 134 valence electrons. The molecule has 11 heteroatoms. The van der Waals surface area contributed by atoms with Crippen LogP contribution in [0.15, 0.2) is 58.5 Å². The number of nitrogens with two attached hydrogens (primary N) is 4. The summed E-state index contributed by atoms with van der Waals surface area (Å²) in [5.74, 6) is 0.0821. The number of hydrogen-bond acceptors (Lipinski definition) is 4. The summed E-state index contributed by atoms with van der Waals surface area (Å²) in [7, 11) is -4.67. The lowest BCUT2D eigenvalue weighted by Gasteiger charge is -2.03. The smallest absolute Gasteiger partial charge is 0.370 e. The molecule has 0 fully saturated rings. The van der Waals surface area contributed by atoms with Crippen LogP contribution >= 0.6 is 0 Å². The second-order valence-corrected chi connectivity index (χ2v) is 5.51. The van der Waals surface area contributed by atoms with Crippen LogP contribution < -0.4 is 22.9 Å². The Kier molecular flexibility index (Phi) is 6.87. The molecule has 0 aromatic heterocycles. The molecule has 0 spiro atoms. The quantitative estimate of drug-likeness (QED) is 0.256. The maximum Gasteiger partial charge on any atom is 0.394 e. The van der Waals surface area contributed by atoms with Gasteiger partial charge in [-0.05, 0) is 35.4 Å². The molecule has 0 saturated heterocycles. The summed E-state index contributed by atoms with van der Waals surface area (Å²) in [6.45, 7) is 0. The standard InChI is InChI=1S/C14H16N6.H2O4S/c15-13(16)19-11-5-1-9(2-6-11)10-3-7-12(8-4-10)20-14(17)18;1-5(2,3)4/h1-8H,(H4,15,16,19)(H4,17,18,20);(H2,1,2,3,4). The Balaban J connectivity index is 0.000000550. The van der Waals surface area contributed by atoms with Crippen molar-refractivity contribution in [2.24, 2.45) is 32.9 Å². The lowest BCUT2D eigenvalue weighted by atomic mass is 10.1. The first-order valence-corrected chi connectivity index (χ1v) is 8.04. The maximum atomic E-state index is 8.74. The van der Waals surface area contributed by atoms with E-state index in [1.54, 1.807) is 0 Å². The molecule has 2 aromatic carbocycles. The molecule has 0 amide bonds.